The van der Waals surface area contributed by atoms with E-state index in [4.69, 9.17) is 32.7 Å². The highest BCUT2D eigenvalue weighted by atomic mass is 35.5. The molecule has 0 spiro atoms. The van der Waals surface area contributed by atoms with Crippen LogP contribution in [0.2, 0.25) is 0 Å². The zero-order valence-electron chi connectivity index (χ0n) is 27.6. The van der Waals surface area contributed by atoms with Crippen LogP contribution in [0.5, 0.6) is 11.5 Å². The molecule has 0 bridgehead atoms. The number of phenols is 1. The van der Waals surface area contributed by atoms with Crippen molar-refractivity contribution >= 4 is 85.2 Å². The van der Waals surface area contributed by atoms with Crippen LogP contribution in [0.25, 0.3) is 21.5 Å². The summed E-state index contributed by atoms with van der Waals surface area (Å²) in [6.07, 6.45) is -9.11. The minimum absolute atomic E-state index is 0.0480. The lowest BCUT2D eigenvalue weighted by molar-refractivity contribution is -0.270. The molecule has 0 radical (unpaired) electrons. The molecule has 274 valence electrons. The molecule has 0 saturated carbocycles. The van der Waals surface area contributed by atoms with Gasteiger partial charge in [0.05, 0.1) is 21.1 Å². The van der Waals surface area contributed by atoms with Gasteiger partial charge in [-0.25, -0.2) is 4.79 Å². The first kappa shape index (κ1) is 35.6. The van der Waals surface area contributed by atoms with E-state index in [9.17, 15) is 39.9 Å². The zero-order valence-corrected chi connectivity index (χ0v) is 30.0. The fourth-order valence-electron chi connectivity index (χ4n) is 7.68. The molecule has 1 aromatic heterocycles. The van der Waals surface area contributed by atoms with E-state index in [1.54, 1.807) is 47.4 Å². The van der Waals surface area contributed by atoms with E-state index >= 15 is 0 Å². The average molecular weight is 780 g/mol. The number of carboxylic acids is 1. The van der Waals surface area contributed by atoms with Crippen molar-refractivity contribution in [2.75, 3.05) is 34.6 Å². The minimum Gasteiger partial charge on any atom is -0.507 e. The largest absolute Gasteiger partial charge is 0.507 e. The molecule has 1 fully saturated rings. The van der Waals surface area contributed by atoms with Crippen LogP contribution in [-0.2, 0) is 9.53 Å². The number of hydrogen-bond donors (Lipinski definition) is 5. The third kappa shape index (κ3) is 5.78. The molecule has 12 nitrogen and oxygen atoms in total. The number of benzene rings is 4. The molecule has 53 heavy (non-hydrogen) atoms. The summed E-state index contributed by atoms with van der Waals surface area (Å²) in [5, 5.41) is 54.4. The van der Waals surface area contributed by atoms with E-state index < -0.39 is 42.6 Å². The third-order valence-corrected chi connectivity index (χ3v) is 12.0. The number of aromatic hydroxyl groups is 1. The lowest BCUT2D eigenvalue weighted by atomic mass is 9.95. The van der Waals surface area contributed by atoms with Crippen LogP contribution in [0.3, 0.4) is 0 Å². The average Bonchev–Trinajstić information content (AvgIpc) is 3.90. The Morgan fingerprint density at radius 2 is 1.25 bits per heavy atom. The first-order valence-electron chi connectivity index (χ1n) is 16.8. The molecule has 15 heteroatoms. The van der Waals surface area contributed by atoms with Crippen molar-refractivity contribution in [3.8, 4) is 11.5 Å². The van der Waals surface area contributed by atoms with Gasteiger partial charge in [0.2, 0.25) is 6.29 Å². The maximum atomic E-state index is 14.3. The summed E-state index contributed by atoms with van der Waals surface area (Å²) >= 11 is 13.9. The lowest BCUT2D eigenvalue weighted by Gasteiger charge is -2.38. The zero-order chi connectivity index (χ0) is 37.3. The van der Waals surface area contributed by atoms with E-state index in [-0.39, 0.29) is 52.4 Å². The number of hydrogen-bond acceptors (Lipinski definition) is 10. The van der Waals surface area contributed by atoms with Gasteiger partial charge in [0, 0.05) is 59.6 Å². The standard InChI is InChI=1S/C38H32Cl2N2O10S/c39-13-17-15-41(23-11-25(43)19-5-1-3-7-21(19)29(17)23)35(47)27-9-10-28(53-27)36(48)42-16-18(14-40)30-22-8-4-2-6-20(22)26(12-24(30)42)51-38-33(46)31(44)32(45)34(52-38)37(49)50/h1-12,17-18,31-34,38,43-46H,13-16H2,(H,49,50)/t17-,18-,31+,32+,33?,34?,38-/m1/s1. The molecule has 5 N–H and O–H groups in total. The number of aliphatic hydroxyl groups is 3. The molecular formula is C38H32Cl2N2O10S. The molecule has 3 aliphatic rings. The number of phenolic OH excluding ortho intramolecular Hbond substituents is 1. The topological polar surface area (TPSA) is 177 Å². The molecule has 7 atom stereocenters. The van der Waals surface area contributed by atoms with Crippen molar-refractivity contribution in [1.29, 1.82) is 0 Å². The van der Waals surface area contributed by atoms with Crippen molar-refractivity contribution < 1.29 is 49.4 Å². The molecule has 2 amide bonds. The second kappa shape index (κ2) is 13.7. The van der Waals surface area contributed by atoms with Gasteiger partial charge in [-0.3, -0.25) is 9.59 Å². The number of fused-ring (bicyclic) bond motifs is 6. The van der Waals surface area contributed by atoms with Crippen LogP contribution < -0.4 is 14.5 Å². The smallest absolute Gasteiger partial charge is 0.335 e. The fraction of sp³-hybridized carbons (Fsp3) is 0.289. The van der Waals surface area contributed by atoms with Crippen molar-refractivity contribution in [1.82, 2.24) is 0 Å². The van der Waals surface area contributed by atoms with Crippen molar-refractivity contribution in [2.45, 2.75) is 42.5 Å². The molecule has 8 rings (SSSR count). The number of amides is 2. The highest BCUT2D eigenvalue weighted by molar-refractivity contribution is 7.16. The van der Waals surface area contributed by atoms with Crippen LogP contribution in [-0.4, -0.2) is 98.9 Å². The Morgan fingerprint density at radius 1 is 0.736 bits per heavy atom. The molecule has 0 aliphatic carbocycles. The van der Waals surface area contributed by atoms with Gasteiger partial charge in [-0.2, -0.15) is 0 Å². The summed E-state index contributed by atoms with van der Waals surface area (Å²) in [6.45, 7) is 0.520. The second-order valence-electron chi connectivity index (χ2n) is 13.3. The lowest BCUT2D eigenvalue weighted by Crippen LogP contribution is -2.61. The van der Waals surface area contributed by atoms with Crippen LogP contribution in [0.15, 0.2) is 72.8 Å². The number of carbonyl (C=O) groups excluding carboxylic acids is 2. The number of nitrogens with zero attached hydrogens (tertiary/aromatic N) is 2. The summed E-state index contributed by atoms with van der Waals surface area (Å²) < 4.78 is 11.4. The molecule has 4 aromatic carbocycles. The predicted octanol–water partition coefficient (Wildman–Crippen LogP) is 5.00. The van der Waals surface area contributed by atoms with Crippen molar-refractivity contribution in [3.05, 3.63) is 93.7 Å². The SMILES string of the molecule is O=C(O)C1O[C@@H](Oc2cc3c(c4ccccc24)[C@H](CCl)CN3C(=O)c2ccc(C(=O)N3C[C@@H](CCl)c4c3cc(O)c3ccccc43)s2)C(O)[C@@H](O)[C@@H]1O. The number of anilines is 2. The summed E-state index contributed by atoms with van der Waals surface area (Å²) in [5.41, 5.74) is 2.69. The minimum atomic E-state index is -1.90. The van der Waals surface area contributed by atoms with Gasteiger partial charge in [0.1, 0.15) is 29.8 Å². The summed E-state index contributed by atoms with van der Waals surface area (Å²) in [5.74, 6) is -2.10. The second-order valence-corrected chi connectivity index (χ2v) is 15.0. The fourth-order valence-corrected chi connectivity index (χ4v) is 9.09. The highest BCUT2D eigenvalue weighted by Crippen LogP contribution is 2.48. The summed E-state index contributed by atoms with van der Waals surface area (Å²) in [6, 6.07) is 20.9. The first-order chi connectivity index (χ1) is 25.5. The monoisotopic (exact) mass is 778 g/mol. The Morgan fingerprint density at radius 3 is 1.79 bits per heavy atom. The first-order valence-corrected chi connectivity index (χ1v) is 18.7. The Labute approximate surface area is 315 Å². The number of alkyl halides is 2. The quantitative estimate of drug-likeness (QED) is 0.141. The van der Waals surface area contributed by atoms with E-state index in [1.165, 1.54) is 4.90 Å². The Kier molecular flexibility index (Phi) is 9.22. The molecule has 1 saturated heterocycles. The van der Waals surface area contributed by atoms with Gasteiger partial charge in [-0.1, -0.05) is 48.5 Å². The van der Waals surface area contributed by atoms with Crippen LogP contribution >= 0.6 is 34.5 Å². The maximum Gasteiger partial charge on any atom is 0.335 e. The molecule has 5 aromatic rings. The van der Waals surface area contributed by atoms with Crippen LogP contribution in [0, 0.1) is 0 Å². The summed E-state index contributed by atoms with van der Waals surface area (Å²) in [7, 11) is 0. The predicted molar refractivity (Wildman–Crippen MR) is 199 cm³/mol. The number of ether oxygens (including phenoxy) is 2. The Balaban J connectivity index is 1.12. The van der Waals surface area contributed by atoms with Crippen LogP contribution in [0.4, 0.5) is 11.4 Å². The number of thiophene rings is 1. The Bertz CT molecular complexity index is 2300. The number of carbonyl (C=O) groups is 3. The molecule has 2 unspecified atom stereocenters. The van der Waals surface area contributed by atoms with Gasteiger partial charge in [-0.15, -0.1) is 34.5 Å². The van der Waals surface area contributed by atoms with E-state index in [1.807, 2.05) is 30.3 Å². The maximum absolute atomic E-state index is 14.3. The number of aliphatic carboxylic acids is 1. The Hall–Kier alpha value is -4.47. The molecular weight excluding hydrogens is 747 g/mol. The summed E-state index contributed by atoms with van der Waals surface area (Å²) in [4.78, 5) is 43.8. The van der Waals surface area contributed by atoms with Gasteiger partial charge >= 0.3 is 5.97 Å². The van der Waals surface area contributed by atoms with Gasteiger partial charge in [0.25, 0.3) is 11.8 Å². The number of carboxylic acid groups (broad SMARTS) is 1. The van der Waals surface area contributed by atoms with Gasteiger partial charge < -0.3 is 44.8 Å². The van der Waals surface area contributed by atoms with E-state index in [0.717, 1.165) is 27.8 Å². The number of rotatable bonds is 7. The van der Waals surface area contributed by atoms with E-state index in [2.05, 4.69) is 0 Å². The van der Waals surface area contributed by atoms with Crippen LogP contribution in [0.1, 0.15) is 42.3 Å². The third-order valence-electron chi connectivity index (χ3n) is 10.2. The van der Waals surface area contributed by atoms with Crippen molar-refractivity contribution in [3.63, 3.8) is 0 Å². The van der Waals surface area contributed by atoms with Crippen molar-refractivity contribution in [2.24, 2.45) is 0 Å². The van der Waals surface area contributed by atoms with Gasteiger partial charge in [-0.05, 0) is 34.0 Å². The number of aliphatic hydroxyl groups excluding tert-OH is 3. The number of halogens is 2. The molecule has 3 aliphatic heterocycles. The highest BCUT2D eigenvalue weighted by Gasteiger charge is 2.48. The van der Waals surface area contributed by atoms with Gasteiger partial charge in [0.15, 0.2) is 6.10 Å². The van der Waals surface area contributed by atoms with E-state index in [0.29, 0.717) is 39.0 Å². The molecule has 4 heterocycles. The normalized spacial score (nSPS) is 25.1.